The molecule has 3 nitrogen and oxygen atoms in total. The number of nitrogens with zero attached hydrogens (tertiary/aromatic N) is 1. The normalized spacial score (nSPS) is 16.8. The number of carbonyl (C=O) groups excluding carboxylic acids is 1. The third-order valence-corrected chi connectivity index (χ3v) is 4.67. The van der Waals surface area contributed by atoms with Crippen LogP contribution in [0.4, 0.5) is 4.39 Å². The van der Waals surface area contributed by atoms with Crippen molar-refractivity contribution in [1.82, 2.24) is 0 Å². The zero-order valence-electron chi connectivity index (χ0n) is 12.7. The molecule has 1 aliphatic heterocycles. The summed E-state index contributed by atoms with van der Waals surface area (Å²) in [6.07, 6.45) is 1.68. The van der Waals surface area contributed by atoms with Gasteiger partial charge in [0.15, 0.2) is 5.78 Å². The summed E-state index contributed by atoms with van der Waals surface area (Å²) in [5.41, 5.74) is 1.61. The molecule has 0 amide bonds. The summed E-state index contributed by atoms with van der Waals surface area (Å²) in [5, 5.41) is -0.303. The van der Waals surface area contributed by atoms with Crippen molar-refractivity contribution in [2.45, 2.75) is 23.6 Å². The molecule has 2 aromatic rings. The number of hydrogen-bond donors (Lipinski definition) is 0. The van der Waals surface area contributed by atoms with Crippen LogP contribution in [0.3, 0.4) is 0 Å². The Morgan fingerprint density at radius 3 is 2.78 bits per heavy atom. The minimum atomic E-state index is -0.303. The average molecular weight is 329 g/mol. The van der Waals surface area contributed by atoms with Crippen molar-refractivity contribution in [3.8, 4) is 5.75 Å². The van der Waals surface area contributed by atoms with E-state index in [1.807, 2.05) is 19.1 Å². The molecule has 3 rings (SSSR count). The number of thioether (sulfide) groups is 1. The first-order valence-corrected chi connectivity index (χ1v) is 8.27. The Morgan fingerprint density at radius 1 is 1.26 bits per heavy atom. The lowest BCUT2D eigenvalue weighted by Gasteiger charge is -2.03. The SMILES string of the molecule is CCOc1ccc2c(c1)C(=O)[C@H](C=NCc1ccc(F)cc1)S2. The van der Waals surface area contributed by atoms with Crippen molar-refractivity contribution in [3.05, 3.63) is 59.4 Å². The summed E-state index contributed by atoms with van der Waals surface area (Å²) < 4.78 is 18.3. The van der Waals surface area contributed by atoms with Gasteiger partial charge in [-0.1, -0.05) is 12.1 Å². The van der Waals surface area contributed by atoms with Gasteiger partial charge < -0.3 is 4.74 Å². The molecule has 1 atom stereocenters. The van der Waals surface area contributed by atoms with Gasteiger partial charge in [-0.3, -0.25) is 9.79 Å². The maximum Gasteiger partial charge on any atom is 0.182 e. The summed E-state index contributed by atoms with van der Waals surface area (Å²) in [7, 11) is 0. The molecule has 0 aromatic heterocycles. The Hall–Kier alpha value is -2.14. The second kappa shape index (κ2) is 6.96. The number of ketones is 1. The summed E-state index contributed by atoms with van der Waals surface area (Å²) in [4.78, 5) is 17.7. The fourth-order valence-electron chi connectivity index (χ4n) is 2.35. The Labute approximate surface area is 138 Å². The quantitative estimate of drug-likeness (QED) is 0.774. The number of rotatable bonds is 5. The van der Waals surface area contributed by atoms with Crippen LogP contribution >= 0.6 is 11.8 Å². The van der Waals surface area contributed by atoms with E-state index < -0.39 is 0 Å². The molecule has 0 aliphatic carbocycles. The topological polar surface area (TPSA) is 38.7 Å². The minimum Gasteiger partial charge on any atom is -0.494 e. The van der Waals surface area contributed by atoms with Crippen LogP contribution in [0.5, 0.6) is 5.75 Å². The van der Waals surface area contributed by atoms with E-state index in [9.17, 15) is 9.18 Å². The zero-order valence-corrected chi connectivity index (χ0v) is 13.5. The van der Waals surface area contributed by atoms with Crippen LogP contribution in [-0.2, 0) is 6.54 Å². The van der Waals surface area contributed by atoms with Gasteiger partial charge in [0.25, 0.3) is 0 Å². The van der Waals surface area contributed by atoms with Gasteiger partial charge >= 0.3 is 0 Å². The first-order valence-electron chi connectivity index (χ1n) is 7.39. The first-order chi connectivity index (χ1) is 11.2. The second-order valence-corrected chi connectivity index (χ2v) is 6.29. The van der Waals surface area contributed by atoms with Crippen molar-refractivity contribution >= 4 is 23.8 Å². The summed E-state index contributed by atoms with van der Waals surface area (Å²) in [5.74, 6) is 0.498. The number of aliphatic imine (C=N–C) groups is 1. The second-order valence-electron chi connectivity index (χ2n) is 5.11. The number of halogens is 1. The van der Waals surface area contributed by atoms with Gasteiger partial charge in [0.05, 0.1) is 13.2 Å². The van der Waals surface area contributed by atoms with Crippen LogP contribution in [0.1, 0.15) is 22.8 Å². The largest absolute Gasteiger partial charge is 0.494 e. The zero-order chi connectivity index (χ0) is 16.2. The third-order valence-electron chi connectivity index (χ3n) is 3.47. The number of carbonyl (C=O) groups is 1. The average Bonchev–Trinajstić information content (AvgIpc) is 2.86. The number of ether oxygens (including phenoxy) is 1. The van der Waals surface area contributed by atoms with Crippen molar-refractivity contribution in [2.75, 3.05) is 6.61 Å². The highest BCUT2D eigenvalue weighted by Gasteiger charge is 2.30. The smallest absolute Gasteiger partial charge is 0.182 e. The van der Waals surface area contributed by atoms with Gasteiger partial charge in [0.1, 0.15) is 16.8 Å². The van der Waals surface area contributed by atoms with Crippen molar-refractivity contribution in [1.29, 1.82) is 0 Å². The van der Waals surface area contributed by atoms with Gasteiger partial charge in [-0.15, -0.1) is 11.8 Å². The first kappa shape index (κ1) is 15.7. The lowest BCUT2D eigenvalue weighted by Crippen LogP contribution is -2.13. The van der Waals surface area contributed by atoms with E-state index in [4.69, 9.17) is 4.74 Å². The van der Waals surface area contributed by atoms with Gasteiger partial charge in [0, 0.05) is 16.7 Å². The highest BCUT2D eigenvalue weighted by Crippen LogP contribution is 2.38. The van der Waals surface area contributed by atoms with E-state index in [0.717, 1.165) is 10.5 Å². The molecule has 0 bridgehead atoms. The molecule has 0 N–H and O–H groups in total. The van der Waals surface area contributed by atoms with Crippen LogP contribution in [-0.4, -0.2) is 23.9 Å². The Bertz CT molecular complexity index is 743. The molecular weight excluding hydrogens is 313 g/mol. The molecule has 0 unspecified atom stereocenters. The van der Waals surface area contributed by atoms with E-state index in [1.54, 1.807) is 24.4 Å². The van der Waals surface area contributed by atoms with E-state index >= 15 is 0 Å². The highest BCUT2D eigenvalue weighted by molar-refractivity contribution is 8.02. The molecule has 1 aliphatic rings. The molecular formula is C18H16FNO2S. The standard InChI is InChI=1S/C18H16FNO2S/c1-2-22-14-7-8-16-15(9-14)18(21)17(23-16)11-20-10-12-3-5-13(19)6-4-12/h3-9,11,17H,2,10H2,1H3/t17-/m0/s1. The number of benzene rings is 2. The lowest BCUT2D eigenvalue weighted by atomic mass is 10.1. The molecule has 0 saturated carbocycles. The molecule has 5 heteroatoms. The number of Topliss-reactive ketones (excluding diaryl/α,β-unsaturated/α-hetero) is 1. The maximum absolute atomic E-state index is 12.8. The van der Waals surface area contributed by atoms with Crippen LogP contribution in [0, 0.1) is 5.82 Å². The minimum absolute atomic E-state index is 0.0504. The fourth-order valence-corrected chi connectivity index (χ4v) is 3.43. The van der Waals surface area contributed by atoms with Crippen LogP contribution < -0.4 is 4.74 Å². The number of hydrogen-bond acceptors (Lipinski definition) is 4. The van der Waals surface area contributed by atoms with Crippen LogP contribution in [0.15, 0.2) is 52.4 Å². The van der Waals surface area contributed by atoms with Gasteiger partial charge in [0.2, 0.25) is 0 Å². The van der Waals surface area contributed by atoms with Crippen LogP contribution in [0.25, 0.3) is 0 Å². The Kier molecular flexibility index (Phi) is 4.76. The van der Waals surface area contributed by atoms with E-state index in [2.05, 4.69) is 4.99 Å². The fraction of sp³-hybridized carbons (Fsp3) is 0.222. The van der Waals surface area contributed by atoms with Gasteiger partial charge in [-0.05, 0) is 42.8 Å². The van der Waals surface area contributed by atoms with E-state index in [1.165, 1.54) is 23.9 Å². The predicted octanol–water partition coefficient (Wildman–Crippen LogP) is 4.15. The van der Waals surface area contributed by atoms with Crippen LogP contribution in [0.2, 0.25) is 0 Å². The Morgan fingerprint density at radius 2 is 2.04 bits per heavy atom. The number of fused-ring (bicyclic) bond motifs is 1. The monoisotopic (exact) mass is 329 g/mol. The van der Waals surface area contributed by atoms with Crippen molar-refractivity contribution in [2.24, 2.45) is 4.99 Å². The molecule has 0 radical (unpaired) electrons. The molecule has 23 heavy (non-hydrogen) atoms. The molecule has 0 spiro atoms. The van der Waals surface area contributed by atoms with Crippen molar-refractivity contribution < 1.29 is 13.9 Å². The summed E-state index contributed by atoms with van der Waals surface area (Å²) >= 11 is 1.49. The molecule has 0 saturated heterocycles. The van der Waals surface area contributed by atoms with E-state index in [0.29, 0.717) is 24.5 Å². The lowest BCUT2D eigenvalue weighted by molar-refractivity contribution is 0.101. The molecule has 2 aromatic carbocycles. The van der Waals surface area contributed by atoms with Crippen molar-refractivity contribution in [3.63, 3.8) is 0 Å². The molecule has 118 valence electrons. The van der Waals surface area contributed by atoms with E-state index in [-0.39, 0.29) is 16.9 Å². The third kappa shape index (κ3) is 3.62. The molecule has 1 heterocycles. The maximum atomic E-state index is 12.8. The molecule has 0 fully saturated rings. The predicted molar refractivity (Wildman–Crippen MR) is 90.2 cm³/mol. The van der Waals surface area contributed by atoms with Gasteiger partial charge in [-0.25, -0.2) is 4.39 Å². The summed E-state index contributed by atoms with van der Waals surface area (Å²) in [6, 6.07) is 11.8. The van der Waals surface area contributed by atoms with Gasteiger partial charge in [-0.2, -0.15) is 0 Å². The highest BCUT2D eigenvalue weighted by atomic mass is 32.2. The summed E-state index contributed by atoms with van der Waals surface area (Å²) in [6.45, 7) is 2.92. The Balaban J connectivity index is 1.67.